The lowest BCUT2D eigenvalue weighted by atomic mass is 10.1. The van der Waals surface area contributed by atoms with E-state index in [2.05, 4.69) is 10.3 Å². The molecule has 6 heteroatoms. The van der Waals surface area contributed by atoms with Crippen molar-refractivity contribution in [2.75, 3.05) is 5.32 Å². The summed E-state index contributed by atoms with van der Waals surface area (Å²) in [6.07, 6.45) is 1.35. The van der Waals surface area contributed by atoms with Crippen LogP contribution in [0.2, 0.25) is 0 Å². The number of nitrogens with zero attached hydrogens (tertiary/aromatic N) is 2. The molecular formula is C21H17N3O2S. The van der Waals surface area contributed by atoms with Crippen molar-refractivity contribution < 1.29 is 4.79 Å². The Morgan fingerprint density at radius 1 is 1.07 bits per heavy atom. The minimum absolute atomic E-state index is 0.0162. The van der Waals surface area contributed by atoms with Gasteiger partial charge in [0.1, 0.15) is 5.56 Å². The normalized spacial score (nSPS) is 10.9. The van der Waals surface area contributed by atoms with E-state index < -0.39 is 5.91 Å². The van der Waals surface area contributed by atoms with Gasteiger partial charge in [0.25, 0.3) is 11.5 Å². The Morgan fingerprint density at radius 2 is 1.81 bits per heavy atom. The summed E-state index contributed by atoms with van der Waals surface area (Å²) in [5.74, 6) is -0.461. The molecule has 134 valence electrons. The lowest BCUT2D eigenvalue weighted by Gasteiger charge is -2.08. The third-order valence-electron chi connectivity index (χ3n) is 4.43. The van der Waals surface area contributed by atoms with E-state index in [1.165, 1.54) is 21.9 Å². The summed E-state index contributed by atoms with van der Waals surface area (Å²) in [6, 6.07) is 15.3. The van der Waals surface area contributed by atoms with Crippen LogP contribution in [-0.4, -0.2) is 15.3 Å². The summed E-state index contributed by atoms with van der Waals surface area (Å²) in [4.78, 5) is 30.6. The topological polar surface area (TPSA) is 63.5 Å². The Bertz CT molecular complexity index is 1210. The van der Waals surface area contributed by atoms with Crippen molar-refractivity contribution in [2.24, 2.45) is 0 Å². The van der Waals surface area contributed by atoms with Gasteiger partial charge in [0.15, 0.2) is 4.96 Å². The fourth-order valence-corrected chi connectivity index (χ4v) is 3.74. The van der Waals surface area contributed by atoms with E-state index in [9.17, 15) is 9.59 Å². The number of nitrogens with one attached hydrogen (secondary N) is 1. The predicted molar refractivity (Wildman–Crippen MR) is 109 cm³/mol. The van der Waals surface area contributed by atoms with Gasteiger partial charge in [-0.05, 0) is 31.0 Å². The standard InChI is InChI=1S/C21H17N3O2S/c1-13-7-9-15(10-8-13)18-12-27-21-22-11-16(20(26)24(18)21)19(25)23-17-6-4-3-5-14(17)2/h3-12H,1-2H3,(H,23,25). The van der Waals surface area contributed by atoms with Gasteiger partial charge >= 0.3 is 0 Å². The fourth-order valence-electron chi connectivity index (χ4n) is 2.88. The molecule has 0 radical (unpaired) electrons. The summed E-state index contributed by atoms with van der Waals surface area (Å²) < 4.78 is 1.50. The molecule has 1 amide bonds. The number of thiazole rings is 1. The number of carbonyl (C=O) groups excluding carboxylic acids is 1. The van der Waals surface area contributed by atoms with Gasteiger partial charge < -0.3 is 5.32 Å². The van der Waals surface area contributed by atoms with E-state index in [-0.39, 0.29) is 11.1 Å². The molecule has 2 aromatic heterocycles. The second kappa shape index (κ2) is 6.81. The molecule has 2 heterocycles. The molecule has 0 saturated carbocycles. The number of aromatic nitrogens is 2. The molecule has 0 aliphatic carbocycles. The number of aryl methyl sites for hydroxylation is 2. The lowest BCUT2D eigenvalue weighted by molar-refractivity contribution is 0.102. The van der Waals surface area contributed by atoms with Crippen LogP contribution in [0.1, 0.15) is 21.5 Å². The molecule has 0 unspecified atom stereocenters. The largest absolute Gasteiger partial charge is 0.322 e. The molecule has 0 fully saturated rings. The number of anilines is 1. The average molecular weight is 375 g/mol. The number of rotatable bonds is 3. The molecular weight excluding hydrogens is 358 g/mol. The summed E-state index contributed by atoms with van der Waals surface area (Å²) in [5, 5.41) is 4.69. The summed E-state index contributed by atoms with van der Waals surface area (Å²) in [5.41, 5.74) is 4.03. The Balaban J connectivity index is 1.79. The van der Waals surface area contributed by atoms with Crippen LogP contribution in [0.25, 0.3) is 16.2 Å². The molecule has 0 aliphatic heterocycles. The number of carbonyl (C=O) groups is 1. The summed E-state index contributed by atoms with van der Waals surface area (Å²) in [7, 11) is 0. The monoisotopic (exact) mass is 375 g/mol. The van der Waals surface area contributed by atoms with E-state index in [4.69, 9.17) is 0 Å². The van der Waals surface area contributed by atoms with E-state index in [0.29, 0.717) is 10.6 Å². The molecule has 0 spiro atoms. The highest BCUT2D eigenvalue weighted by atomic mass is 32.1. The first-order valence-electron chi connectivity index (χ1n) is 8.48. The third-order valence-corrected chi connectivity index (χ3v) is 5.27. The van der Waals surface area contributed by atoms with Crippen LogP contribution >= 0.6 is 11.3 Å². The molecule has 5 nitrogen and oxygen atoms in total. The zero-order valence-corrected chi connectivity index (χ0v) is 15.7. The Kier molecular flexibility index (Phi) is 4.33. The van der Waals surface area contributed by atoms with Gasteiger partial charge in [-0.1, -0.05) is 48.0 Å². The van der Waals surface area contributed by atoms with Crippen LogP contribution in [0.5, 0.6) is 0 Å². The molecule has 2 aromatic carbocycles. The lowest BCUT2D eigenvalue weighted by Crippen LogP contribution is -2.26. The highest BCUT2D eigenvalue weighted by Crippen LogP contribution is 2.24. The van der Waals surface area contributed by atoms with E-state index in [1.54, 1.807) is 6.07 Å². The number of para-hydroxylation sites is 1. The van der Waals surface area contributed by atoms with Gasteiger partial charge in [0, 0.05) is 17.3 Å². The van der Waals surface area contributed by atoms with Gasteiger partial charge in [-0.2, -0.15) is 0 Å². The van der Waals surface area contributed by atoms with Gasteiger partial charge in [-0.25, -0.2) is 4.98 Å². The molecule has 4 aromatic rings. The highest BCUT2D eigenvalue weighted by Gasteiger charge is 2.17. The van der Waals surface area contributed by atoms with Crippen molar-refractivity contribution in [3.05, 3.63) is 87.2 Å². The number of hydrogen-bond donors (Lipinski definition) is 1. The van der Waals surface area contributed by atoms with Crippen LogP contribution < -0.4 is 10.9 Å². The van der Waals surface area contributed by atoms with Crippen LogP contribution in [0, 0.1) is 13.8 Å². The Morgan fingerprint density at radius 3 is 2.56 bits per heavy atom. The van der Waals surface area contributed by atoms with Crippen LogP contribution in [0.15, 0.2) is 64.9 Å². The first-order valence-corrected chi connectivity index (χ1v) is 9.36. The predicted octanol–water partition coefficient (Wildman–Crippen LogP) is 4.29. The van der Waals surface area contributed by atoms with Crippen molar-refractivity contribution in [2.45, 2.75) is 13.8 Å². The number of benzene rings is 2. The Hall–Kier alpha value is -3.25. The van der Waals surface area contributed by atoms with Crippen LogP contribution in [-0.2, 0) is 0 Å². The minimum Gasteiger partial charge on any atom is -0.322 e. The van der Waals surface area contributed by atoms with Crippen LogP contribution in [0.3, 0.4) is 0 Å². The van der Waals surface area contributed by atoms with Crippen molar-refractivity contribution in [1.82, 2.24) is 9.38 Å². The SMILES string of the molecule is Cc1ccc(-c2csc3ncc(C(=O)Nc4ccccc4C)c(=O)n23)cc1. The van der Waals surface area contributed by atoms with Gasteiger partial charge in [-0.3, -0.25) is 14.0 Å². The number of hydrogen-bond acceptors (Lipinski definition) is 4. The fraction of sp³-hybridized carbons (Fsp3) is 0.0952. The molecule has 0 bridgehead atoms. The van der Waals surface area contributed by atoms with Crippen molar-refractivity contribution in [3.8, 4) is 11.3 Å². The highest BCUT2D eigenvalue weighted by molar-refractivity contribution is 7.15. The zero-order chi connectivity index (χ0) is 19.0. The third kappa shape index (κ3) is 3.15. The van der Waals surface area contributed by atoms with Crippen molar-refractivity contribution in [3.63, 3.8) is 0 Å². The van der Waals surface area contributed by atoms with Gasteiger partial charge in [-0.15, -0.1) is 11.3 Å². The minimum atomic E-state index is -0.461. The van der Waals surface area contributed by atoms with E-state index >= 15 is 0 Å². The molecule has 4 rings (SSSR count). The maximum absolute atomic E-state index is 13.0. The maximum Gasteiger partial charge on any atom is 0.271 e. The summed E-state index contributed by atoms with van der Waals surface area (Å²) >= 11 is 1.37. The Labute approximate surface area is 160 Å². The van der Waals surface area contributed by atoms with Gasteiger partial charge in [0.2, 0.25) is 0 Å². The quantitative estimate of drug-likeness (QED) is 0.581. The molecule has 0 aliphatic rings. The van der Waals surface area contributed by atoms with Gasteiger partial charge in [0.05, 0.1) is 5.69 Å². The smallest absolute Gasteiger partial charge is 0.271 e. The van der Waals surface area contributed by atoms with Crippen LogP contribution in [0.4, 0.5) is 5.69 Å². The average Bonchev–Trinajstić information content (AvgIpc) is 3.09. The second-order valence-electron chi connectivity index (χ2n) is 6.35. The molecule has 1 N–H and O–H groups in total. The first kappa shape index (κ1) is 17.2. The summed E-state index contributed by atoms with van der Waals surface area (Å²) in [6.45, 7) is 3.91. The molecule has 0 atom stereocenters. The van der Waals surface area contributed by atoms with Crippen molar-refractivity contribution >= 4 is 27.9 Å². The van der Waals surface area contributed by atoms with E-state index in [0.717, 1.165) is 22.4 Å². The number of fused-ring (bicyclic) bond motifs is 1. The second-order valence-corrected chi connectivity index (χ2v) is 7.19. The first-order chi connectivity index (χ1) is 13.0. The van der Waals surface area contributed by atoms with E-state index in [1.807, 2.05) is 61.7 Å². The molecule has 0 saturated heterocycles. The molecule has 27 heavy (non-hydrogen) atoms. The number of amides is 1. The zero-order valence-electron chi connectivity index (χ0n) is 14.9. The van der Waals surface area contributed by atoms with Crippen molar-refractivity contribution in [1.29, 1.82) is 0 Å². The maximum atomic E-state index is 13.0.